The fourth-order valence-corrected chi connectivity index (χ4v) is 20.3. The summed E-state index contributed by atoms with van der Waals surface area (Å²) >= 11 is 50.0. The molecule has 0 bridgehead atoms. The molecule has 24 nitrogen and oxygen atoms in total. The van der Waals surface area contributed by atoms with E-state index in [1.165, 1.54) is 86.6 Å². The highest BCUT2D eigenvalue weighted by Crippen LogP contribution is 2.37. The third kappa shape index (κ3) is 26.9. The third-order valence-electron chi connectivity index (χ3n) is 18.9. The van der Waals surface area contributed by atoms with Crippen LogP contribution in [0.4, 0.5) is 22.7 Å². The molecule has 0 aliphatic carbocycles. The highest BCUT2D eigenvalue weighted by molar-refractivity contribution is 7.92. The molecule has 0 aliphatic heterocycles. The van der Waals surface area contributed by atoms with Gasteiger partial charge in [-0.05, 0) is 219 Å². The van der Waals surface area contributed by atoms with E-state index in [0.29, 0.717) is 99.0 Å². The second-order valence-electron chi connectivity index (χ2n) is 28.7. The maximum absolute atomic E-state index is 12.9. The Bertz CT molecular complexity index is 6530. The smallest absolute Gasteiger partial charge is 0.257 e. The Labute approximate surface area is 789 Å². The van der Waals surface area contributed by atoms with Gasteiger partial charge in [-0.3, -0.25) is 39.1 Å². The van der Waals surface area contributed by atoms with Crippen molar-refractivity contribution < 1.29 is 73.3 Å². The lowest BCUT2D eigenvalue weighted by Gasteiger charge is -2.13. The lowest BCUT2D eigenvalue weighted by molar-refractivity contribution is 0.101. The van der Waals surface area contributed by atoms with Crippen molar-refractivity contribution in [2.45, 2.75) is 57.8 Å². The predicted octanol–water partition coefficient (Wildman–Crippen LogP) is 20.6. The minimum atomic E-state index is -3.86. The Hall–Kier alpha value is -11.4. The number of anilines is 4. The lowest BCUT2D eigenvalue weighted by Crippen LogP contribution is -2.18. The van der Waals surface area contributed by atoms with Gasteiger partial charge >= 0.3 is 0 Å². The largest absolute Gasteiger partial charge is 0.392 e. The molecule has 0 unspecified atom stereocenters. The van der Waals surface area contributed by atoms with Gasteiger partial charge in [0.1, 0.15) is 0 Å². The molecular weight excluding hydrogens is 1910 g/mol. The number of hydrogen-bond acceptors (Lipinski definition) is 20. The Morgan fingerprint density at radius 2 is 0.485 bits per heavy atom. The maximum atomic E-state index is 12.9. The molecule has 0 saturated carbocycles. The zero-order chi connectivity index (χ0) is 93.8. The number of aliphatic hydroxyl groups excluding tert-OH is 4. The first-order valence-corrected chi connectivity index (χ1v) is 48.5. The molecule has 0 saturated heterocycles. The fourth-order valence-electron chi connectivity index (χ4n) is 12.6. The minimum absolute atomic E-state index is 0.0157. The van der Waals surface area contributed by atoms with E-state index >= 15 is 0 Å². The fraction of sp³-hybridized carbons (Fsp3) is 0.106. The van der Waals surface area contributed by atoms with Crippen LogP contribution < -0.4 is 21.3 Å². The molecule has 8 N–H and O–H groups in total. The van der Waals surface area contributed by atoms with Crippen molar-refractivity contribution >= 4 is 179 Å². The van der Waals surface area contributed by atoms with E-state index in [9.17, 15) is 73.3 Å². The highest BCUT2D eigenvalue weighted by atomic mass is 35.5. The quantitative estimate of drug-likeness (QED) is 0.0250. The number of benzene rings is 10. The average molecular weight is 1990 g/mol. The molecule has 14 aromatic rings. The molecule has 4 atom stereocenters. The topological polar surface area (TPSA) is 385 Å². The summed E-state index contributed by atoms with van der Waals surface area (Å²) in [6, 6.07) is 74.0. The van der Waals surface area contributed by atoms with Crippen LogP contribution in [-0.2, 0) is 39.3 Å². The summed E-state index contributed by atoms with van der Waals surface area (Å²) in [5.74, 6) is -3.94. The monoisotopic (exact) mass is 1980 g/mol. The van der Waals surface area contributed by atoms with Gasteiger partial charge in [-0.1, -0.05) is 178 Å². The molecule has 130 heavy (non-hydrogen) atoms. The summed E-state index contributed by atoms with van der Waals surface area (Å²) in [5, 5.41) is 52.2. The standard InChI is InChI=1S/2C26H20Cl2N2O4S.2C21H18Cl2N2O4S/c2*27-22-12-9-18(14-21(22)24-8-4-5-13-29-24)30-26(32)20-11-10-19(15-23(20)28)35(33,34)16-25(31)17-6-2-1-3-7-17;2*1-13(26)12-30(28,29)15-6-7-16(19(23)11-15)21(27)25-14-5-8-18(22)17(10-14)20-4-2-3-9-24-20/h2*1-15,25,31H,16H2,(H,30,32);2*2-11,13,26H,12H2,1H3,(H,25,27)/t2*25-;2*13-/m1010/s1. The molecule has 0 aliphatic rings. The van der Waals surface area contributed by atoms with Crippen LogP contribution in [-0.4, -0.2) is 133 Å². The summed E-state index contributed by atoms with van der Waals surface area (Å²) in [4.78, 5) is 67.9. The number of carbonyl (C=O) groups excluding carboxylic acids is 4. The van der Waals surface area contributed by atoms with Gasteiger partial charge in [0.05, 0.1) is 152 Å². The lowest BCUT2D eigenvalue weighted by atomic mass is 10.1. The molecule has 4 heterocycles. The van der Waals surface area contributed by atoms with Crippen LogP contribution >= 0.6 is 92.8 Å². The molecule has 10 aromatic carbocycles. The molecule has 0 fully saturated rings. The first-order valence-electron chi connectivity index (χ1n) is 38.8. The molecule has 36 heteroatoms. The van der Waals surface area contributed by atoms with E-state index < -0.39 is 110 Å². The number of amides is 4. The van der Waals surface area contributed by atoms with Crippen molar-refractivity contribution in [3.05, 3.63) is 377 Å². The number of pyridine rings is 4. The summed E-state index contributed by atoms with van der Waals surface area (Å²) in [5.41, 5.74) is 8.53. The highest BCUT2D eigenvalue weighted by Gasteiger charge is 2.28. The molecular formula is C94H76Cl8N8O16S4. The predicted molar refractivity (Wildman–Crippen MR) is 511 cm³/mol. The van der Waals surface area contributed by atoms with Gasteiger partial charge in [-0.2, -0.15) is 0 Å². The molecule has 14 rings (SSSR count). The summed E-state index contributed by atoms with van der Waals surface area (Å²) in [7, 11) is -15.1. The zero-order valence-electron chi connectivity index (χ0n) is 68.1. The third-order valence-corrected chi connectivity index (χ3v) is 28.7. The van der Waals surface area contributed by atoms with Gasteiger partial charge in [0, 0.05) is 69.8 Å². The number of nitrogens with zero attached hydrogens (tertiary/aromatic N) is 4. The van der Waals surface area contributed by atoms with Crippen molar-refractivity contribution in [1.82, 2.24) is 19.9 Å². The van der Waals surface area contributed by atoms with Crippen molar-refractivity contribution in [3.8, 4) is 45.0 Å². The van der Waals surface area contributed by atoms with Gasteiger partial charge in [0.15, 0.2) is 39.3 Å². The van der Waals surface area contributed by atoms with E-state index in [0.717, 1.165) is 0 Å². The first kappa shape index (κ1) is 99.2. The summed E-state index contributed by atoms with van der Waals surface area (Å²) in [6.45, 7) is 2.76. The number of carbonyl (C=O) groups is 4. The maximum Gasteiger partial charge on any atom is 0.257 e. The number of aromatic nitrogens is 4. The Kier molecular flexibility index (Phi) is 34.3. The van der Waals surface area contributed by atoms with Gasteiger partial charge in [0.2, 0.25) is 0 Å². The van der Waals surface area contributed by atoms with Crippen molar-refractivity contribution in [1.29, 1.82) is 0 Å². The van der Waals surface area contributed by atoms with Crippen molar-refractivity contribution in [3.63, 3.8) is 0 Å². The molecule has 4 aromatic heterocycles. The number of halogens is 8. The number of nitrogens with one attached hydrogen (secondary N) is 4. The molecule has 4 amide bonds. The van der Waals surface area contributed by atoms with E-state index in [1.54, 1.807) is 207 Å². The van der Waals surface area contributed by atoms with Crippen LogP contribution in [0.1, 0.15) is 78.6 Å². The molecule has 0 spiro atoms. The first-order chi connectivity index (χ1) is 61.8. The number of hydrogen-bond donors (Lipinski definition) is 8. The molecule has 668 valence electrons. The summed E-state index contributed by atoms with van der Waals surface area (Å²) in [6.07, 6.45) is 2.15. The van der Waals surface area contributed by atoms with E-state index in [2.05, 4.69) is 41.2 Å². The number of rotatable bonds is 26. The van der Waals surface area contributed by atoms with Crippen molar-refractivity contribution in [2.24, 2.45) is 0 Å². The van der Waals surface area contributed by atoms with E-state index in [4.69, 9.17) is 92.8 Å². The van der Waals surface area contributed by atoms with E-state index in [-0.39, 0.29) is 61.9 Å². The van der Waals surface area contributed by atoms with Gasteiger partial charge in [0.25, 0.3) is 23.6 Å². The molecule has 0 radical (unpaired) electrons. The minimum Gasteiger partial charge on any atom is -0.392 e. The van der Waals surface area contributed by atoms with Crippen LogP contribution in [0, 0.1) is 0 Å². The Balaban J connectivity index is 0.000000168. The van der Waals surface area contributed by atoms with Crippen LogP contribution in [0.2, 0.25) is 40.2 Å². The van der Waals surface area contributed by atoms with Gasteiger partial charge < -0.3 is 41.7 Å². The van der Waals surface area contributed by atoms with Crippen LogP contribution in [0.3, 0.4) is 0 Å². The van der Waals surface area contributed by atoms with Crippen molar-refractivity contribution in [2.75, 3.05) is 44.3 Å². The number of sulfone groups is 4. The van der Waals surface area contributed by atoms with Crippen LogP contribution in [0.25, 0.3) is 45.0 Å². The van der Waals surface area contributed by atoms with Crippen LogP contribution in [0.15, 0.2) is 323 Å². The van der Waals surface area contributed by atoms with E-state index in [1.807, 2.05) is 24.3 Å². The second-order valence-corrected chi connectivity index (χ2v) is 40.1. The zero-order valence-corrected chi connectivity index (χ0v) is 77.5. The summed E-state index contributed by atoms with van der Waals surface area (Å²) < 4.78 is 100. The second kappa shape index (κ2) is 45.0. The average Bonchev–Trinajstić information content (AvgIpc) is 0.810. The van der Waals surface area contributed by atoms with Gasteiger partial charge in [-0.25, -0.2) is 33.7 Å². The Morgan fingerprint density at radius 1 is 0.269 bits per heavy atom. The van der Waals surface area contributed by atoms with Gasteiger partial charge in [-0.15, -0.1) is 0 Å². The normalized spacial score (nSPS) is 12.3. The Morgan fingerprint density at radius 3 is 0.685 bits per heavy atom. The number of aliphatic hydroxyl groups is 4. The SMILES string of the molecule is C[C@@H](O)CS(=O)(=O)c1ccc(C(=O)Nc2ccc(Cl)c(-c3ccccn3)c2)c(Cl)c1.C[C@H](O)CS(=O)(=O)c1ccc(C(=O)Nc2ccc(Cl)c(-c3ccccn3)c2)c(Cl)c1.O=C(Nc1ccc(Cl)c(-c2ccccn2)c1)c1ccc(S(=O)(=O)C[C@@H](O)c2ccccc2)cc1Cl.O=C(Nc1ccc(Cl)c(-c2ccccn2)c1)c1ccc(S(=O)(=O)C[C@H](O)c2ccccc2)cc1Cl. The van der Waals surface area contributed by atoms with Crippen LogP contribution in [0.5, 0.6) is 0 Å².